The number of hydrogen-bond donors (Lipinski definition) is 1. The average Bonchev–Trinajstić information content (AvgIpc) is 2.44. The highest BCUT2D eigenvalue weighted by atomic mass is 35.5. The van der Waals surface area contributed by atoms with E-state index < -0.39 is 0 Å². The van der Waals surface area contributed by atoms with E-state index >= 15 is 0 Å². The van der Waals surface area contributed by atoms with Gasteiger partial charge in [-0.25, -0.2) is 0 Å². The highest BCUT2D eigenvalue weighted by Gasteiger charge is 2.15. The van der Waals surface area contributed by atoms with Crippen LogP contribution in [0, 0.1) is 12.8 Å². The van der Waals surface area contributed by atoms with Crippen molar-refractivity contribution < 1.29 is 5.11 Å². The Morgan fingerprint density at radius 1 is 1.53 bits per heavy atom. The standard InChI is InChI=1S/C11H19ClN2O/c1-4-5-9(7-15)6-10-11(12)8(2)13-14(10)3/h9,15H,4-7H2,1-3H3. The van der Waals surface area contributed by atoms with Crippen molar-refractivity contribution in [3.05, 3.63) is 16.4 Å². The number of halogens is 1. The first-order chi connectivity index (χ1) is 7.10. The van der Waals surface area contributed by atoms with Crippen molar-refractivity contribution in [1.29, 1.82) is 0 Å². The van der Waals surface area contributed by atoms with Crippen LogP contribution in [0.4, 0.5) is 0 Å². The van der Waals surface area contributed by atoms with Crippen LogP contribution in [-0.2, 0) is 13.5 Å². The van der Waals surface area contributed by atoms with Gasteiger partial charge < -0.3 is 5.11 Å². The average molecular weight is 231 g/mol. The summed E-state index contributed by atoms with van der Waals surface area (Å²) in [5.41, 5.74) is 1.89. The molecule has 0 fully saturated rings. The summed E-state index contributed by atoms with van der Waals surface area (Å²) in [5.74, 6) is 0.294. The summed E-state index contributed by atoms with van der Waals surface area (Å²) in [5, 5.41) is 14.2. The predicted molar refractivity (Wildman–Crippen MR) is 62.1 cm³/mol. The van der Waals surface area contributed by atoms with E-state index in [1.165, 1.54) is 0 Å². The molecule has 0 aromatic carbocycles. The molecule has 0 aliphatic heterocycles. The molecule has 3 nitrogen and oxygen atoms in total. The second-order valence-corrected chi connectivity index (χ2v) is 4.39. The number of nitrogens with zero attached hydrogens (tertiary/aromatic N) is 2. The summed E-state index contributed by atoms with van der Waals surface area (Å²) >= 11 is 6.15. The molecule has 1 unspecified atom stereocenters. The van der Waals surface area contributed by atoms with Crippen molar-refractivity contribution in [3.8, 4) is 0 Å². The van der Waals surface area contributed by atoms with Gasteiger partial charge in [0.25, 0.3) is 0 Å². The fraction of sp³-hybridized carbons (Fsp3) is 0.727. The third-order valence-corrected chi connectivity index (χ3v) is 3.19. The van der Waals surface area contributed by atoms with Gasteiger partial charge in [-0.05, 0) is 25.7 Å². The van der Waals surface area contributed by atoms with Crippen LogP contribution in [-0.4, -0.2) is 21.5 Å². The van der Waals surface area contributed by atoms with E-state index in [4.69, 9.17) is 11.6 Å². The van der Waals surface area contributed by atoms with Gasteiger partial charge in [0.2, 0.25) is 0 Å². The van der Waals surface area contributed by atoms with Crippen molar-refractivity contribution in [3.63, 3.8) is 0 Å². The van der Waals surface area contributed by atoms with Crippen LogP contribution >= 0.6 is 11.6 Å². The number of aromatic nitrogens is 2. The summed E-state index contributed by atoms with van der Waals surface area (Å²) in [6.07, 6.45) is 2.91. The molecule has 0 saturated carbocycles. The minimum atomic E-state index is 0.217. The first-order valence-corrected chi connectivity index (χ1v) is 5.76. The molecule has 1 N–H and O–H groups in total. The van der Waals surface area contributed by atoms with Gasteiger partial charge in [0, 0.05) is 13.7 Å². The molecular formula is C11H19ClN2O. The van der Waals surface area contributed by atoms with E-state index in [0.29, 0.717) is 5.92 Å². The molecule has 0 bridgehead atoms. The third kappa shape index (κ3) is 2.95. The molecule has 1 aromatic rings. The predicted octanol–water partition coefficient (Wildman–Crippen LogP) is 2.33. The van der Waals surface area contributed by atoms with Crippen LogP contribution < -0.4 is 0 Å². The zero-order valence-corrected chi connectivity index (χ0v) is 10.4. The summed E-state index contributed by atoms with van der Waals surface area (Å²) in [6.45, 7) is 4.24. The molecule has 0 aliphatic carbocycles. The molecule has 0 aliphatic rings. The van der Waals surface area contributed by atoms with Gasteiger partial charge in [-0.2, -0.15) is 5.10 Å². The summed E-state index contributed by atoms with van der Waals surface area (Å²) in [4.78, 5) is 0. The molecule has 4 heteroatoms. The normalized spacial score (nSPS) is 13.1. The second kappa shape index (κ2) is 5.52. The molecule has 86 valence electrons. The van der Waals surface area contributed by atoms with Gasteiger partial charge in [-0.3, -0.25) is 4.68 Å². The Hall–Kier alpha value is -0.540. The molecule has 1 heterocycles. The number of hydrogen-bond acceptors (Lipinski definition) is 2. The Kier molecular flexibility index (Phi) is 4.61. The largest absolute Gasteiger partial charge is 0.396 e. The van der Waals surface area contributed by atoms with Gasteiger partial charge in [0.1, 0.15) is 0 Å². The van der Waals surface area contributed by atoms with Gasteiger partial charge in [-0.15, -0.1) is 0 Å². The fourth-order valence-electron chi connectivity index (χ4n) is 1.84. The Bertz CT molecular complexity index is 323. The van der Waals surface area contributed by atoms with Crippen LogP contribution in [0.2, 0.25) is 5.02 Å². The molecule has 15 heavy (non-hydrogen) atoms. The summed E-state index contributed by atoms with van der Waals surface area (Å²) < 4.78 is 1.82. The Morgan fingerprint density at radius 3 is 2.60 bits per heavy atom. The maximum Gasteiger partial charge on any atom is 0.0847 e. The highest BCUT2D eigenvalue weighted by Crippen LogP contribution is 2.23. The van der Waals surface area contributed by atoms with E-state index in [0.717, 1.165) is 35.7 Å². The molecule has 0 spiro atoms. The van der Waals surface area contributed by atoms with Crippen molar-refractivity contribution in [1.82, 2.24) is 9.78 Å². The smallest absolute Gasteiger partial charge is 0.0847 e. The highest BCUT2D eigenvalue weighted by molar-refractivity contribution is 6.31. The van der Waals surface area contributed by atoms with Crippen LogP contribution in [0.5, 0.6) is 0 Å². The van der Waals surface area contributed by atoms with E-state index in [1.807, 2.05) is 18.7 Å². The van der Waals surface area contributed by atoms with Crippen LogP contribution in [0.15, 0.2) is 0 Å². The fourth-order valence-corrected chi connectivity index (χ4v) is 2.08. The lowest BCUT2D eigenvalue weighted by atomic mass is 9.99. The quantitative estimate of drug-likeness (QED) is 0.843. The SMILES string of the molecule is CCCC(CO)Cc1c(Cl)c(C)nn1C. The number of aliphatic hydroxyl groups excluding tert-OH is 1. The molecule has 1 atom stereocenters. The Balaban J connectivity index is 2.78. The lowest BCUT2D eigenvalue weighted by molar-refractivity contribution is 0.215. The van der Waals surface area contributed by atoms with Crippen molar-refractivity contribution >= 4 is 11.6 Å². The van der Waals surface area contributed by atoms with Crippen molar-refractivity contribution in [2.24, 2.45) is 13.0 Å². The first kappa shape index (κ1) is 12.5. The van der Waals surface area contributed by atoms with Crippen LogP contribution in [0.3, 0.4) is 0 Å². The molecule has 0 radical (unpaired) electrons. The van der Waals surface area contributed by atoms with Gasteiger partial charge >= 0.3 is 0 Å². The molecule has 0 amide bonds. The van der Waals surface area contributed by atoms with Gasteiger partial charge in [-0.1, -0.05) is 24.9 Å². The zero-order valence-electron chi connectivity index (χ0n) is 9.63. The minimum Gasteiger partial charge on any atom is -0.396 e. The maximum absolute atomic E-state index is 9.23. The summed E-state index contributed by atoms with van der Waals surface area (Å²) in [6, 6.07) is 0. The Labute approximate surface area is 96.1 Å². The molecule has 1 rings (SSSR count). The first-order valence-electron chi connectivity index (χ1n) is 5.39. The van der Waals surface area contributed by atoms with Crippen molar-refractivity contribution in [2.75, 3.05) is 6.61 Å². The summed E-state index contributed by atoms with van der Waals surface area (Å²) in [7, 11) is 1.90. The van der Waals surface area contributed by atoms with E-state index in [1.54, 1.807) is 0 Å². The van der Waals surface area contributed by atoms with Gasteiger partial charge in [0.15, 0.2) is 0 Å². The topological polar surface area (TPSA) is 38.1 Å². The molecule has 1 aromatic heterocycles. The van der Waals surface area contributed by atoms with Gasteiger partial charge in [0.05, 0.1) is 16.4 Å². The van der Waals surface area contributed by atoms with Crippen molar-refractivity contribution in [2.45, 2.75) is 33.1 Å². The number of aryl methyl sites for hydroxylation is 2. The minimum absolute atomic E-state index is 0.217. The monoisotopic (exact) mass is 230 g/mol. The Morgan fingerprint density at radius 2 is 2.20 bits per heavy atom. The van der Waals surface area contributed by atoms with Crippen LogP contribution in [0.25, 0.3) is 0 Å². The number of rotatable bonds is 5. The lowest BCUT2D eigenvalue weighted by Gasteiger charge is -2.13. The maximum atomic E-state index is 9.23. The third-order valence-electron chi connectivity index (χ3n) is 2.70. The zero-order chi connectivity index (χ0) is 11.4. The van der Waals surface area contributed by atoms with Crippen LogP contribution in [0.1, 0.15) is 31.2 Å². The number of aliphatic hydroxyl groups is 1. The van der Waals surface area contributed by atoms with E-state index in [-0.39, 0.29) is 6.61 Å². The van der Waals surface area contributed by atoms with E-state index in [9.17, 15) is 5.11 Å². The van der Waals surface area contributed by atoms with E-state index in [2.05, 4.69) is 12.0 Å². The second-order valence-electron chi connectivity index (χ2n) is 4.01. The lowest BCUT2D eigenvalue weighted by Crippen LogP contribution is -2.12. The molecule has 0 saturated heterocycles. The molecular weight excluding hydrogens is 212 g/mol.